The first kappa shape index (κ1) is 15.8. The molecule has 7 heavy (non-hydrogen) atoms. The monoisotopic (exact) mass is 149 g/mol. The molecule has 3 nitrogen and oxygen atoms in total. The second-order valence-corrected chi connectivity index (χ2v) is 2.65. The molecule has 0 saturated heterocycles. The van der Waals surface area contributed by atoms with Crippen LogP contribution in [0.2, 0.25) is 0 Å². The molecule has 0 spiro atoms. The first-order chi connectivity index (χ1) is 2.00. The average molecular weight is 149 g/mol. The summed E-state index contributed by atoms with van der Waals surface area (Å²) in [6.07, 6.45) is 0. The topological polar surface area (TPSA) is 57.5 Å². The molecule has 0 aromatic rings. The Morgan fingerprint density at radius 2 is 1.57 bits per heavy atom. The molecule has 2 N–H and O–H groups in total. The molecule has 0 aliphatic rings. The molecule has 7 heteroatoms. The summed E-state index contributed by atoms with van der Waals surface area (Å²) < 4.78 is 24.0. The summed E-state index contributed by atoms with van der Waals surface area (Å²) in [5.41, 5.74) is 0. The van der Waals surface area contributed by atoms with E-state index >= 15 is 0 Å². The van der Waals surface area contributed by atoms with Gasteiger partial charge in [0.25, 0.3) is 9.05 Å². The van der Waals surface area contributed by atoms with Crippen molar-refractivity contribution in [3.63, 3.8) is 0 Å². The number of hydrogen-bond acceptors (Lipinski definition) is 2. The summed E-state index contributed by atoms with van der Waals surface area (Å²) in [6.45, 7) is 0. The summed E-state index contributed by atoms with van der Waals surface area (Å²) in [6, 6.07) is 0. The normalized spacial score (nSPS) is 8.29. The van der Waals surface area contributed by atoms with Crippen LogP contribution < -0.4 is 29.6 Å². The van der Waals surface area contributed by atoms with Crippen molar-refractivity contribution in [2.24, 2.45) is 0 Å². The van der Waals surface area contributed by atoms with Crippen molar-refractivity contribution < 1.29 is 44.3 Å². The zero-order chi connectivity index (χ0) is 4.50. The van der Waals surface area contributed by atoms with Crippen molar-refractivity contribution >= 4 is 28.7 Å². The summed E-state index contributed by atoms with van der Waals surface area (Å²) in [5.74, 6) is 0. The van der Waals surface area contributed by atoms with E-state index in [9.17, 15) is 0 Å². The van der Waals surface area contributed by atoms with Gasteiger partial charge in [0.05, 0.1) is 0 Å². The average Bonchev–Trinajstić information content (AvgIpc) is 0.722. The molecule has 37 valence electrons. The van der Waals surface area contributed by atoms with Crippen molar-refractivity contribution in [2.45, 2.75) is 0 Å². The second kappa shape index (κ2) is 5.49. The SMILES string of the molecule is O=S(O)(O)=S.[B].[H-].[Na+]. The fourth-order valence-corrected chi connectivity index (χ4v) is 0. The molecule has 0 atom stereocenters. The predicted octanol–water partition coefficient (Wildman–Crippen LogP) is -3.59. The Kier molecular flexibility index (Phi) is 12.4. The van der Waals surface area contributed by atoms with Crippen LogP contribution in [0.1, 0.15) is 1.43 Å². The fraction of sp³-hybridized carbons (Fsp3) is 0. The third-order valence-electron chi connectivity index (χ3n) is 0. The van der Waals surface area contributed by atoms with Crippen LogP contribution in [0.3, 0.4) is 0 Å². The van der Waals surface area contributed by atoms with Gasteiger partial charge < -0.3 is 1.43 Å². The van der Waals surface area contributed by atoms with Crippen LogP contribution >= 0.6 is 0 Å². The van der Waals surface area contributed by atoms with Crippen LogP contribution in [-0.2, 0) is 20.2 Å². The standard InChI is InChI=1S/B.Na.H2O3S2.H/c;;1-5(2,3)4;/h;;(H2,1,2,3,4);/q;+1;;-1. The Hall–Kier alpha value is 1.35. The van der Waals surface area contributed by atoms with Gasteiger partial charge in [0.1, 0.15) is 0 Å². The van der Waals surface area contributed by atoms with E-state index in [1.807, 2.05) is 0 Å². The van der Waals surface area contributed by atoms with Crippen molar-refractivity contribution in [1.29, 1.82) is 0 Å². The van der Waals surface area contributed by atoms with Gasteiger partial charge in [-0.3, -0.25) is 9.11 Å². The minimum Gasteiger partial charge on any atom is -1.00 e. The van der Waals surface area contributed by atoms with Gasteiger partial charge in [0.15, 0.2) is 0 Å². The van der Waals surface area contributed by atoms with E-state index in [1.165, 1.54) is 0 Å². The zero-order valence-corrected chi connectivity index (χ0v) is 7.33. The Labute approximate surface area is 72.6 Å². The van der Waals surface area contributed by atoms with Gasteiger partial charge in [0, 0.05) is 19.6 Å². The minimum absolute atomic E-state index is 0. The van der Waals surface area contributed by atoms with Crippen molar-refractivity contribution in [2.75, 3.05) is 0 Å². The van der Waals surface area contributed by atoms with Crippen molar-refractivity contribution in [1.82, 2.24) is 0 Å². The van der Waals surface area contributed by atoms with Crippen LogP contribution in [0.15, 0.2) is 0 Å². The van der Waals surface area contributed by atoms with E-state index in [4.69, 9.17) is 13.3 Å². The van der Waals surface area contributed by atoms with Gasteiger partial charge in [0.2, 0.25) is 0 Å². The van der Waals surface area contributed by atoms with Gasteiger partial charge in [-0.15, -0.1) is 0 Å². The first-order valence-electron chi connectivity index (χ1n) is 0.698. The molecule has 0 fully saturated rings. The second-order valence-electron chi connectivity index (χ2n) is 0.448. The molecule has 0 rings (SSSR count). The Morgan fingerprint density at radius 3 is 1.57 bits per heavy atom. The molecule has 0 amide bonds. The van der Waals surface area contributed by atoms with E-state index in [-0.39, 0.29) is 39.4 Å². The summed E-state index contributed by atoms with van der Waals surface area (Å²) in [7, 11) is -3.83. The molecule has 0 heterocycles. The fourth-order valence-electron chi connectivity index (χ4n) is 0. The maximum atomic E-state index is 9.11. The third kappa shape index (κ3) is 115. The Morgan fingerprint density at radius 1 is 1.57 bits per heavy atom. The molecule has 0 aliphatic heterocycles. The third-order valence-corrected chi connectivity index (χ3v) is 0. The molecular formula is H3BNaO3S2. The summed E-state index contributed by atoms with van der Waals surface area (Å²) in [4.78, 5) is 0. The largest absolute Gasteiger partial charge is 1.00 e. The quantitative estimate of drug-likeness (QED) is 0.349. The molecule has 0 bridgehead atoms. The number of rotatable bonds is 0. The van der Waals surface area contributed by atoms with Crippen molar-refractivity contribution in [3.05, 3.63) is 0 Å². The molecule has 0 aromatic carbocycles. The van der Waals surface area contributed by atoms with Crippen LogP contribution in [0.4, 0.5) is 0 Å². The van der Waals surface area contributed by atoms with Gasteiger partial charge in [-0.05, 0) is 0 Å². The minimum atomic E-state index is -3.83. The summed E-state index contributed by atoms with van der Waals surface area (Å²) >= 11 is 3.47. The molecule has 3 radical (unpaired) electrons. The maximum absolute atomic E-state index is 9.11. The van der Waals surface area contributed by atoms with Crippen LogP contribution in [0.5, 0.6) is 0 Å². The van der Waals surface area contributed by atoms with Crippen molar-refractivity contribution in [3.8, 4) is 0 Å². The Balaban J connectivity index is -0.0000000267. The molecule has 0 aliphatic carbocycles. The first-order valence-corrected chi connectivity index (χ1v) is 3.10. The predicted molar refractivity (Wildman–Crippen MR) is 27.6 cm³/mol. The number of hydrogen-bond donors (Lipinski definition) is 2. The van der Waals surface area contributed by atoms with E-state index in [0.29, 0.717) is 0 Å². The van der Waals surface area contributed by atoms with Gasteiger partial charge >= 0.3 is 29.6 Å². The maximum Gasteiger partial charge on any atom is 1.00 e. The molecule has 0 saturated carbocycles. The zero-order valence-electron chi connectivity index (χ0n) is 4.70. The van der Waals surface area contributed by atoms with Gasteiger partial charge in [-0.1, -0.05) is 0 Å². The van der Waals surface area contributed by atoms with Crippen LogP contribution in [-0.4, -0.2) is 21.7 Å². The van der Waals surface area contributed by atoms with E-state index in [2.05, 4.69) is 11.2 Å². The Bertz CT molecular complexity index is 100. The van der Waals surface area contributed by atoms with Gasteiger partial charge in [-0.25, -0.2) is 0 Å². The van der Waals surface area contributed by atoms with Crippen LogP contribution in [0, 0.1) is 0 Å². The molecule has 0 aromatic heterocycles. The summed E-state index contributed by atoms with van der Waals surface area (Å²) in [5, 5.41) is 0. The van der Waals surface area contributed by atoms with E-state index in [0.717, 1.165) is 0 Å². The smallest absolute Gasteiger partial charge is 1.00 e. The molecular weight excluding hydrogens is 146 g/mol. The van der Waals surface area contributed by atoms with Gasteiger partial charge in [-0.2, -0.15) is 4.21 Å². The molecule has 0 unspecified atom stereocenters. The van der Waals surface area contributed by atoms with Crippen LogP contribution in [0.25, 0.3) is 0 Å². The van der Waals surface area contributed by atoms with E-state index in [1.54, 1.807) is 0 Å². The van der Waals surface area contributed by atoms with E-state index < -0.39 is 9.05 Å².